The molecule has 0 saturated carbocycles. The van der Waals surface area contributed by atoms with Crippen LogP contribution in [0.3, 0.4) is 0 Å². The molecule has 206 valence electrons. The Labute approximate surface area is 231 Å². The summed E-state index contributed by atoms with van der Waals surface area (Å²) in [5.74, 6) is -2.27. The lowest BCUT2D eigenvalue weighted by molar-refractivity contribution is -0.143. The van der Waals surface area contributed by atoms with Crippen molar-refractivity contribution < 1.29 is 27.1 Å². The van der Waals surface area contributed by atoms with Gasteiger partial charge >= 0.3 is 6.18 Å². The van der Waals surface area contributed by atoms with Gasteiger partial charge in [0.2, 0.25) is 5.88 Å². The molecule has 41 heavy (non-hydrogen) atoms. The number of hydrogen-bond donors (Lipinski definition) is 1. The summed E-state index contributed by atoms with van der Waals surface area (Å²) in [6.45, 7) is 0. The molecule has 0 aliphatic heterocycles. The number of halogens is 4. The molecule has 0 spiro atoms. The van der Waals surface area contributed by atoms with Crippen LogP contribution in [0.1, 0.15) is 16.1 Å². The van der Waals surface area contributed by atoms with Gasteiger partial charge in [-0.15, -0.1) is 0 Å². The molecule has 0 fully saturated rings. The van der Waals surface area contributed by atoms with Gasteiger partial charge < -0.3 is 14.6 Å². The largest absolute Gasteiger partial charge is 0.434 e. The fourth-order valence-corrected chi connectivity index (χ4v) is 4.82. The van der Waals surface area contributed by atoms with Gasteiger partial charge in [-0.1, -0.05) is 29.5 Å². The van der Waals surface area contributed by atoms with Crippen molar-refractivity contribution in [3.63, 3.8) is 0 Å². The van der Waals surface area contributed by atoms with Crippen LogP contribution in [0.15, 0.2) is 73.6 Å². The number of anilines is 1. The second-order valence-corrected chi connectivity index (χ2v) is 9.61. The summed E-state index contributed by atoms with van der Waals surface area (Å²) in [6.07, 6.45) is 0.573. The number of para-hydroxylation sites is 1. The van der Waals surface area contributed by atoms with Crippen LogP contribution in [0, 0.1) is 5.82 Å². The van der Waals surface area contributed by atoms with E-state index in [4.69, 9.17) is 4.74 Å². The molecule has 0 aliphatic carbocycles. The first-order valence-electron chi connectivity index (χ1n) is 11.8. The quantitative estimate of drug-likeness (QED) is 0.245. The number of carbonyl (C=O) groups excluding carboxylic acids is 1. The van der Waals surface area contributed by atoms with Crippen LogP contribution < -0.4 is 10.1 Å². The van der Waals surface area contributed by atoms with Gasteiger partial charge in [0, 0.05) is 25.0 Å². The van der Waals surface area contributed by atoms with Crippen molar-refractivity contribution in [2.75, 3.05) is 5.32 Å². The van der Waals surface area contributed by atoms with Crippen molar-refractivity contribution in [2.45, 2.75) is 6.18 Å². The minimum Gasteiger partial charge on any atom is -0.434 e. The van der Waals surface area contributed by atoms with E-state index in [1.54, 1.807) is 35.3 Å². The van der Waals surface area contributed by atoms with Crippen LogP contribution in [0.4, 0.5) is 23.2 Å². The molecule has 0 bridgehead atoms. The summed E-state index contributed by atoms with van der Waals surface area (Å²) in [5.41, 5.74) is -1.04. The van der Waals surface area contributed by atoms with E-state index < -0.39 is 29.2 Å². The normalized spacial score (nSPS) is 11.6. The lowest BCUT2D eigenvalue weighted by Crippen LogP contribution is -2.20. The van der Waals surface area contributed by atoms with Crippen molar-refractivity contribution in [1.29, 1.82) is 0 Å². The number of alkyl halides is 3. The molecule has 2 aromatic carbocycles. The molecule has 4 heterocycles. The number of nitrogens with one attached hydrogen (secondary N) is 1. The highest BCUT2D eigenvalue weighted by Gasteiger charge is 2.40. The maximum absolute atomic E-state index is 15.0. The third-order valence-corrected chi connectivity index (χ3v) is 6.75. The number of carbonyl (C=O) groups is 1. The van der Waals surface area contributed by atoms with Crippen LogP contribution in [-0.4, -0.2) is 40.2 Å². The Morgan fingerprint density at radius 3 is 2.59 bits per heavy atom. The number of hydrogen-bond acceptors (Lipinski definition) is 8. The topological polar surface area (TPSA) is 113 Å². The van der Waals surface area contributed by atoms with Gasteiger partial charge in [0.1, 0.15) is 17.0 Å². The van der Waals surface area contributed by atoms with E-state index in [0.717, 1.165) is 12.3 Å². The predicted molar refractivity (Wildman–Crippen MR) is 140 cm³/mol. The minimum atomic E-state index is -4.89. The number of nitrogens with zero attached hydrogens (tertiary/aromatic N) is 7. The number of aryl methyl sites for hydroxylation is 1. The highest BCUT2D eigenvalue weighted by atomic mass is 32.1. The zero-order chi connectivity index (χ0) is 28.7. The maximum Gasteiger partial charge on any atom is 0.434 e. The highest BCUT2D eigenvalue weighted by molar-refractivity contribution is 7.21. The highest BCUT2D eigenvalue weighted by Crippen LogP contribution is 2.36. The van der Waals surface area contributed by atoms with Crippen molar-refractivity contribution in [3.05, 3.63) is 90.7 Å². The third kappa shape index (κ3) is 5.09. The van der Waals surface area contributed by atoms with Crippen LogP contribution >= 0.6 is 11.3 Å². The summed E-state index contributed by atoms with van der Waals surface area (Å²) in [5, 5.41) is 6.62. The standard InChI is InChI=1S/C26H16F4N8O2S/c1-37-11-18(33-13-37)24-36-20-23(31-12-32-25(20)41-24)40-19-8-7-14(9-17(19)27)35-22(39)16-10-34-38(21(16)26(28,29)30)15-5-3-2-4-6-15/h2-13H,1H3,(H,35,39). The van der Waals surface area contributed by atoms with Crippen LogP contribution in [0.5, 0.6) is 11.6 Å². The lowest BCUT2D eigenvalue weighted by Gasteiger charge is -2.13. The van der Waals surface area contributed by atoms with E-state index in [9.17, 15) is 18.0 Å². The fourth-order valence-electron chi connectivity index (χ4n) is 3.96. The Balaban J connectivity index is 1.24. The molecule has 1 amide bonds. The molecular formula is C26H16F4N8O2S. The average molecular weight is 581 g/mol. The van der Waals surface area contributed by atoms with Crippen LogP contribution in [-0.2, 0) is 13.2 Å². The molecule has 0 aliphatic rings. The van der Waals surface area contributed by atoms with Crippen LogP contribution in [0.2, 0.25) is 0 Å². The smallest absolute Gasteiger partial charge is 0.434 e. The predicted octanol–water partition coefficient (Wildman–Crippen LogP) is 5.88. The Hall–Kier alpha value is -5.18. The zero-order valence-corrected chi connectivity index (χ0v) is 21.6. The van der Waals surface area contributed by atoms with Gasteiger partial charge in [0.25, 0.3) is 5.91 Å². The molecule has 15 heteroatoms. The van der Waals surface area contributed by atoms with Crippen LogP contribution in [0.25, 0.3) is 26.7 Å². The van der Waals surface area contributed by atoms with E-state index in [1.807, 2.05) is 7.05 Å². The summed E-state index contributed by atoms with van der Waals surface area (Å²) in [7, 11) is 1.82. The SMILES string of the molecule is Cn1cnc(-c2nc3c(Oc4ccc(NC(=O)c5cnn(-c6ccccc6)c5C(F)(F)F)cc4F)ncnc3s2)c1. The van der Waals surface area contributed by atoms with Gasteiger partial charge in [-0.3, -0.25) is 4.79 Å². The first-order valence-corrected chi connectivity index (χ1v) is 12.6. The summed E-state index contributed by atoms with van der Waals surface area (Å²) >= 11 is 1.26. The zero-order valence-electron chi connectivity index (χ0n) is 20.8. The van der Waals surface area contributed by atoms with E-state index in [0.29, 0.717) is 25.7 Å². The van der Waals surface area contributed by atoms with E-state index in [-0.39, 0.29) is 23.0 Å². The molecule has 0 saturated heterocycles. The first kappa shape index (κ1) is 26.1. The van der Waals surface area contributed by atoms with Crippen molar-refractivity contribution >= 4 is 33.3 Å². The van der Waals surface area contributed by atoms with Gasteiger partial charge in [0.05, 0.1) is 23.8 Å². The lowest BCUT2D eigenvalue weighted by atomic mass is 10.2. The average Bonchev–Trinajstić information content (AvgIpc) is 3.68. The number of imidazole rings is 1. The van der Waals surface area contributed by atoms with Crippen molar-refractivity contribution in [3.8, 4) is 28.0 Å². The first-order chi connectivity index (χ1) is 19.7. The summed E-state index contributed by atoms with van der Waals surface area (Å²) in [4.78, 5) is 30.3. The fraction of sp³-hybridized carbons (Fsp3) is 0.0769. The Bertz CT molecular complexity index is 1900. The second kappa shape index (κ2) is 10.1. The number of benzene rings is 2. The van der Waals surface area contributed by atoms with Gasteiger partial charge in [0.15, 0.2) is 27.6 Å². The minimum absolute atomic E-state index is 0.00716. The second-order valence-electron chi connectivity index (χ2n) is 8.63. The molecule has 6 rings (SSSR count). The number of amides is 1. The molecule has 10 nitrogen and oxygen atoms in total. The summed E-state index contributed by atoms with van der Waals surface area (Å²) in [6, 6.07) is 11.0. The molecule has 1 N–H and O–H groups in total. The Kier molecular flexibility index (Phi) is 6.42. The number of aromatic nitrogens is 7. The van der Waals surface area contributed by atoms with Gasteiger partial charge in [-0.25, -0.2) is 24.0 Å². The molecule has 0 atom stereocenters. The van der Waals surface area contributed by atoms with Gasteiger partial charge in [-0.2, -0.15) is 23.3 Å². The maximum atomic E-state index is 15.0. The number of fused-ring (bicyclic) bond motifs is 1. The molecule has 4 aromatic heterocycles. The Morgan fingerprint density at radius 2 is 1.88 bits per heavy atom. The monoisotopic (exact) mass is 580 g/mol. The van der Waals surface area contributed by atoms with Gasteiger partial charge in [-0.05, 0) is 24.3 Å². The number of rotatable bonds is 6. The van der Waals surface area contributed by atoms with Crippen molar-refractivity contribution in [1.82, 2.24) is 34.3 Å². The molecule has 0 radical (unpaired) electrons. The van der Waals surface area contributed by atoms with E-state index >= 15 is 4.39 Å². The number of thiazole rings is 1. The molecule has 6 aromatic rings. The Morgan fingerprint density at radius 1 is 1.07 bits per heavy atom. The third-order valence-electron chi connectivity index (χ3n) is 5.77. The van der Waals surface area contributed by atoms with Crippen molar-refractivity contribution in [2.24, 2.45) is 7.05 Å². The number of ether oxygens (including phenoxy) is 1. The molecule has 0 unspecified atom stereocenters. The van der Waals surface area contributed by atoms with E-state index in [1.165, 1.54) is 41.9 Å². The molecular weight excluding hydrogens is 564 g/mol. The van der Waals surface area contributed by atoms with E-state index in [2.05, 4.69) is 30.4 Å². The summed E-state index contributed by atoms with van der Waals surface area (Å²) < 4.78 is 64.8.